The molecule has 1 aliphatic rings. The number of para-hydroxylation sites is 1. The Balaban J connectivity index is 1.61. The van der Waals surface area contributed by atoms with Crippen LogP contribution in [-0.2, 0) is 17.8 Å². The van der Waals surface area contributed by atoms with Gasteiger partial charge < -0.3 is 20.1 Å². The molecule has 0 saturated heterocycles. The van der Waals surface area contributed by atoms with Gasteiger partial charge >= 0.3 is 5.69 Å². The lowest BCUT2D eigenvalue weighted by Crippen LogP contribution is -2.43. The zero-order valence-electron chi connectivity index (χ0n) is 20.2. The molecule has 1 aliphatic heterocycles. The summed E-state index contributed by atoms with van der Waals surface area (Å²) in [7, 11) is 0. The number of benzene rings is 2. The quantitative estimate of drug-likeness (QED) is 0.514. The van der Waals surface area contributed by atoms with Gasteiger partial charge in [0.1, 0.15) is 11.4 Å². The second-order valence-corrected chi connectivity index (χ2v) is 9.18. The molecule has 0 saturated carbocycles. The van der Waals surface area contributed by atoms with Crippen LogP contribution in [0.2, 0.25) is 0 Å². The van der Waals surface area contributed by atoms with Gasteiger partial charge in [-0.05, 0) is 31.9 Å². The smallest absolute Gasteiger partial charge is 0.330 e. The average molecular weight is 479 g/mol. The van der Waals surface area contributed by atoms with E-state index in [9.17, 15) is 14.4 Å². The fraction of sp³-hybridized carbons (Fsp3) is 0.346. The molecular weight excluding hydrogens is 448 g/mol. The van der Waals surface area contributed by atoms with E-state index in [1.54, 1.807) is 6.07 Å². The second-order valence-electron chi connectivity index (χ2n) is 9.18. The molecule has 1 aromatic heterocycles. The molecule has 0 unspecified atom stereocenters. The number of anilines is 2. The Bertz CT molecular complexity index is 1340. The van der Waals surface area contributed by atoms with Crippen LogP contribution in [0.3, 0.4) is 0 Å². The Morgan fingerprint density at radius 1 is 1.17 bits per heavy atom. The highest BCUT2D eigenvalue weighted by Crippen LogP contribution is 2.41. The molecule has 1 amide bonds. The predicted octanol–water partition coefficient (Wildman–Crippen LogP) is 2.70. The SMILES string of the molecule is CCCN(C(=O)COc1cccc2c1OC(C)(C)C2)c1c(N)n(Cc2ccccc2)c(=O)[nH]c1=O. The number of amides is 1. The number of nitrogens with one attached hydrogen (secondary N) is 1. The molecule has 3 aromatic rings. The van der Waals surface area contributed by atoms with Crippen LogP contribution in [0.1, 0.15) is 38.3 Å². The molecule has 0 spiro atoms. The molecule has 9 heteroatoms. The molecule has 4 rings (SSSR count). The third-order valence-electron chi connectivity index (χ3n) is 5.82. The van der Waals surface area contributed by atoms with Crippen molar-refractivity contribution in [3.63, 3.8) is 0 Å². The number of rotatable bonds is 8. The van der Waals surface area contributed by atoms with E-state index < -0.39 is 17.2 Å². The van der Waals surface area contributed by atoms with Gasteiger partial charge in [-0.15, -0.1) is 0 Å². The van der Waals surface area contributed by atoms with Crippen LogP contribution in [0.4, 0.5) is 11.5 Å². The van der Waals surface area contributed by atoms with E-state index in [1.807, 2.05) is 63.2 Å². The zero-order chi connectivity index (χ0) is 25.2. The highest BCUT2D eigenvalue weighted by Gasteiger charge is 2.32. The van der Waals surface area contributed by atoms with Crippen molar-refractivity contribution in [2.45, 2.75) is 45.8 Å². The average Bonchev–Trinajstić information content (AvgIpc) is 3.14. The van der Waals surface area contributed by atoms with Gasteiger partial charge in [0.15, 0.2) is 23.8 Å². The number of ether oxygens (including phenoxy) is 2. The molecule has 9 nitrogen and oxygen atoms in total. The van der Waals surface area contributed by atoms with Crippen LogP contribution in [0.15, 0.2) is 58.1 Å². The summed E-state index contributed by atoms with van der Waals surface area (Å²) in [4.78, 5) is 42.1. The summed E-state index contributed by atoms with van der Waals surface area (Å²) >= 11 is 0. The number of carbonyl (C=O) groups is 1. The van der Waals surface area contributed by atoms with Crippen molar-refractivity contribution >= 4 is 17.4 Å². The molecule has 0 bridgehead atoms. The summed E-state index contributed by atoms with van der Waals surface area (Å²) in [6.07, 6.45) is 1.31. The Labute approximate surface area is 203 Å². The Morgan fingerprint density at radius 3 is 2.63 bits per heavy atom. The Kier molecular flexibility index (Phi) is 6.68. The number of hydrogen-bond acceptors (Lipinski definition) is 6. The van der Waals surface area contributed by atoms with Gasteiger partial charge in [-0.1, -0.05) is 49.4 Å². The van der Waals surface area contributed by atoms with Gasteiger partial charge in [-0.2, -0.15) is 0 Å². The lowest BCUT2D eigenvalue weighted by atomic mass is 10.0. The van der Waals surface area contributed by atoms with E-state index in [2.05, 4.69) is 4.98 Å². The van der Waals surface area contributed by atoms with Crippen LogP contribution < -0.4 is 31.4 Å². The first-order valence-electron chi connectivity index (χ1n) is 11.6. The van der Waals surface area contributed by atoms with Crippen molar-refractivity contribution < 1.29 is 14.3 Å². The van der Waals surface area contributed by atoms with E-state index in [1.165, 1.54) is 9.47 Å². The molecule has 0 aliphatic carbocycles. The van der Waals surface area contributed by atoms with Gasteiger partial charge in [0.05, 0.1) is 6.54 Å². The van der Waals surface area contributed by atoms with Gasteiger partial charge in [0.2, 0.25) is 0 Å². The number of nitrogen functional groups attached to an aromatic ring is 1. The predicted molar refractivity (Wildman–Crippen MR) is 134 cm³/mol. The maximum atomic E-state index is 13.3. The number of carbonyl (C=O) groups excluding carboxylic acids is 1. The van der Waals surface area contributed by atoms with E-state index in [0.29, 0.717) is 17.9 Å². The monoisotopic (exact) mass is 478 g/mol. The Morgan fingerprint density at radius 2 is 1.91 bits per heavy atom. The lowest BCUT2D eigenvalue weighted by molar-refractivity contribution is -0.120. The fourth-order valence-corrected chi connectivity index (χ4v) is 4.26. The van der Waals surface area contributed by atoms with Gasteiger partial charge in [-0.25, -0.2) is 4.79 Å². The third kappa shape index (κ3) is 5.08. The largest absolute Gasteiger partial charge is 0.483 e. The van der Waals surface area contributed by atoms with Crippen molar-refractivity contribution in [2.75, 3.05) is 23.8 Å². The first kappa shape index (κ1) is 24.1. The van der Waals surface area contributed by atoms with Crippen LogP contribution in [0, 0.1) is 0 Å². The molecule has 0 fully saturated rings. The van der Waals surface area contributed by atoms with E-state index in [4.69, 9.17) is 15.2 Å². The molecule has 0 atom stereocenters. The summed E-state index contributed by atoms with van der Waals surface area (Å²) in [5, 5.41) is 0. The number of aromatic amines is 1. The number of hydrogen-bond donors (Lipinski definition) is 2. The van der Waals surface area contributed by atoms with Crippen molar-refractivity contribution in [2.24, 2.45) is 0 Å². The maximum absolute atomic E-state index is 13.3. The maximum Gasteiger partial charge on any atom is 0.330 e. The van der Waals surface area contributed by atoms with Crippen molar-refractivity contribution in [1.29, 1.82) is 0 Å². The van der Waals surface area contributed by atoms with Crippen molar-refractivity contribution in [1.82, 2.24) is 9.55 Å². The van der Waals surface area contributed by atoms with E-state index >= 15 is 0 Å². The minimum Gasteiger partial charge on any atom is -0.483 e. The molecule has 35 heavy (non-hydrogen) atoms. The number of nitrogens with zero attached hydrogens (tertiary/aromatic N) is 2. The number of fused-ring (bicyclic) bond motifs is 1. The summed E-state index contributed by atoms with van der Waals surface area (Å²) in [6.45, 7) is 5.93. The zero-order valence-corrected chi connectivity index (χ0v) is 20.2. The minimum atomic E-state index is -0.718. The normalized spacial score (nSPS) is 13.7. The highest BCUT2D eigenvalue weighted by molar-refractivity contribution is 5.96. The molecular formula is C26H30N4O5. The first-order valence-corrected chi connectivity index (χ1v) is 11.6. The summed E-state index contributed by atoms with van der Waals surface area (Å²) in [6, 6.07) is 14.8. The summed E-state index contributed by atoms with van der Waals surface area (Å²) in [5.41, 5.74) is 6.37. The number of H-pyrrole nitrogens is 1. The van der Waals surface area contributed by atoms with Crippen molar-refractivity contribution in [3.05, 3.63) is 80.5 Å². The van der Waals surface area contributed by atoms with Crippen LogP contribution in [0.25, 0.3) is 0 Å². The molecule has 2 heterocycles. The van der Waals surface area contributed by atoms with E-state index in [0.717, 1.165) is 17.5 Å². The van der Waals surface area contributed by atoms with Crippen molar-refractivity contribution in [3.8, 4) is 11.5 Å². The summed E-state index contributed by atoms with van der Waals surface area (Å²) in [5.74, 6) is 0.564. The van der Waals surface area contributed by atoms with Gasteiger partial charge in [0.25, 0.3) is 11.5 Å². The highest BCUT2D eigenvalue weighted by atomic mass is 16.5. The molecule has 3 N–H and O–H groups in total. The molecule has 0 radical (unpaired) electrons. The third-order valence-corrected chi connectivity index (χ3v) is 5.82. The van der Waals surface area contributed by atoms with Gasteiger partial charge in [0, 0.05) is 18.5 Å². The van der Waals surface area contributed by atoms with Crippen LogP contribution >= 0.6 is 0 Å². The first-order chi connectivity index (χ1) is 16.7. The number of nitrogens with two attached hydrogens (primary N) is 1. The van der Waals surface area contributed by atoms with Crippen LogP contribution in [0.5, 0.6) is 11.5 Å². The summed E-state index contributed by atoms with van der Waals surface area (Å²) < 4.78 is 13.1. The van der Waals surface area contributed by atoms with Gasteiger partial charge in [-0.3, -0.25) is 19.1 Å². The minimum absolute atomic E-state index is 0.0633. The standard InChI is InChI=1S/C26H30N4O5/c1-4-13-29(20(31)16-34-19-12-8-11-18-14-26(2,3)35-22(18)19)21-23(27)30(25(33)28-24(21)32)15-17-9-6-5-7-10-17/h5-12H,4,13-16,27H2,1-3H3,(H,28,32,33). The number of aromatic nitrogens is 2. The second kappa shape index (κ2) is 9.69. The molecule has 2 aromatic carbocycles. The fourth-order valence-electron chi connectivity index (χ4n) is 4.26. The van der Waals surface area contributed by atoms with Crippen LogP contribution in [-0.4, -0.2) is 34.2 Å². The topological polar surface area (TPSA) is 120 Å². The lowest BCUT2D eigenvalue weighted by Gasteiger charge is -2.24. The molecule has 184 valence electrons. The van der Waals surface area contributed by atoms with E-state index in [-0.39, 0.29) is 36.8 Å². The Hall–Kier alpha value is -4.01.